The van der Waals surface area contributed by atoms with Crippen LogP contribution in [0.5, 0.6) is 5.75 Å². The average molecular weight is 213 g/mol. The lowest BCUT2D eigenvalue weighted by Crippen LogP contribution is -1.92. The Balaban J connectivity index is 2.62. The number of ether oxygens (including phenoxy) is 1. The summed E-state index contributed by atoms with van der Waals surface area (Å²) in [5.41, 5.74) is 4.49. The van der Waals surface area contributed by atoms with E-state index in [2.05, 4.69) is 24.0 Å². The molecule has 0 spiro atoms. The van der Waals surface area contributed by atoms with Gasteiger partial charge in [-0.05, 0) is 37.1 Å². The first-order valence-electron chi connectivity index (χ1n) is 5.29. The normalized spacial score (nSPS) is 10.2. The van der Waals surface area contributed by atoms with E-state index < -0.39 is 0 Å². The van der Waals surface area contributed by atoms with E-state index >= 15 is 0 Å². The molecular formula is C14H15NO. The molecule has 0 bridgehead atoms. The monoisotopic (exact) mass is 213 g/mol. The third-order valence-corrected chi connectivity index (χ3v) is 2.64. The second-order valence-corrected chi connectivity index (χ2v) is 3.84. The summed E-state index contributed by atoms with van der Waals surface area (Å²) in [4.78, 5) is 4.28. The number of rotatable bonds is 2. The maximum Gasteiger partial charge on any atom is 0.126 e. The van der Waals surface area contributed by atoms with E-state index in [0.29, 0.717) is 0 Å². The lowest BCUT2D eigenvalue weighted by Gasteiger charge is -2.11. The van der Waals surface area contributed by atoms with E-state index in [0.717, 1.165) is 22.6 Å². The molecule has 2 nitrogen and oxygen atoms in total. The highest BCUT2D eigenvalue weighted by atomic mass is 16.5. The largest absolute Gasteiger partial charge is 0.496 e. The lowest BCUT2D eigenvalue weighted by molar-refractivity contribution is 0.416. The molecule has 0 aliphatic heterocycles. The third kappa shape index (κ3) is 1.91. The molecule has 0 aliphatic rings. The summed E-state index contributed by atoms with van der Waals surface area (Å²) in [6.45, 7) is 4.06. The van der Waals surface area contributed by atoms with Crippen LogP contribution in [0.2, 0.25) is 0 Å². The molecular weight excluding hydrogens is 198 g/mol. The fourth-order valence-corrected chi connectivity index (χ4v) is 1.79. The molecule has 0 radical (unpaired) electrons. The topological polar surface area (TPSA) is 22.1 Å². The van der Waals surface area contributed by atoms with Gasteiger partial charge < -0.3 is 4.74 Å². The van der Waals surface area contributed by atoms with Gasteiger partial charge in [0.25, 0.3) is 0 Å². The Labute approximate surface area is 95.9 Å². The number of pyridine rings is 1. The predicted octanol–water partition coefficient (Wildman–Crippen LogP) is 3.37. The Kier molecular flexibility index (Phi) is 2.91. The van der Waals surface area contributed by atoms with Crippen molar-refractivity contribution in [1.82, 2.24) is 4.98 Å². The van der Waals surface area contributed by atoms with Crippen molar-refractivity contribution in [1.29, 1.82) is 0 Å². The number of methoxy groups -OCH3 is 1. The molecule has 1 aromatic carbocycles. The molecule has 2 rings (SSSR count). The molecule has 1 heterocycles. The van der Waals surface area contributed by atoms with Crippen molar-refractivity contribution in [3.63, 3.8) is 0 Å². The fraction of sp³-hybridized carbons (Fsp3) is 0.214. The number of aryl methyl sites for hydroxylation is 2. The van der Waals surface area contributed by atoms with Crippen LogP contribution in [0.1, 0.15) is 11.3 Å². The molecule has 0 saturated heterocycles. The van der Waals surface area contributed by atoms with Crippen molar-refractivity contribution in [2.24, 2.45) is 0 Å². The van der Waals surface area contributed by atoms with E-state index in [1.165, 1.54) is 5.56 Å². The first-order chi connectivity index (χ1) is 7.72. The van der Waals surface area contributed by atoms with E-state index in [1.807, 2.05) is 31.3 Å². The second-order valence-electron chi connectivity index (χ2n) is 3.84. The smallest absolute Gasteiger partial charge is 0.126 e. The summed E-state index contributed by atoms with van der Waals surface area (Å²) in [5, 5.41) is 0. The predicted molar refractivity (Wildman–Crippen MR) is 65.7 cm³/mol. The molecule has 2 aromatic rings. The van der Waals surface area contributed by atoms with Crippen LogP contribution in [-0.2, 0) is 0 Å². The van der Waals surface area contributed by atoms with E-state index in [-0.39, 0.29) is 0 Å². The minimum absolute atomic E-state index is 0.899. The Bertz CT molecular complexity index is 506. The van der Waals surface area contributed by atoms with Gasteiger partial charge in [-0.1, -0.05) is 18.2 Å². The Morgan fingerprint density at radius 1 is 1.06 bits per heavy atom. The van der Waals surface area contributed by atoms with Gasteiger partial charge in [0.2, 0.25) is 0 Å². The maximum absolute atomic E-state index is 5.37. The third-order valence-electron chi connectivity index (χ3n) is 2.64. The SMILES string of the molecule is COc1ccccc1-c1cc(C)ncc1C. The number of benzene rings is 1. The lowest BCUT2D eigenvalue weighted by atomic mass is 10.0. The molecule has 0 aliphatic carbocycles. The van der Waals surface area contributed by atoms with Crippen molar-refractivity contribution < 1.29 is 4.74 Å². The van der Waals surface area contributed by atoms with Gasteiger partial charge in [-0.25, -0.2) is 0 Å². The molecule has 2 heteroatoms. The van der Waals surface area contributed by atoms with Crippen LogP contribution in [0.15, 0.2) is 36.5 Å². The number of aromatic nitrogens is 1. The minimum atomic E-state index is 0.899. The van der Waals surface area contributed by atoms with Crippen molar-refractivity contribution in [3.8, 4) is 16.9 Å². The molecule has 1 aromatic heterocycles. The Morgan fingerprint density at radius 2 is 1.81 bits per heavy atom. The summed E-state index contributed by atoms with van der Waals surface area (Å²) >= 11 is 0. The van der Waals surface area contributed by atoms with Crippen LogP contribution in [0.3, 0.4) is 0 Å². The van der Waals surface area contributed by atoms with Gasteiger partial charge in [-0.2, -0.15) is 0 Å². The summed E-state index contributed by atoms with van der Waals surface area (Å²) in [6.07, 6.45) is 1.90. The standard InChI is InChI=1S/C14H15NO/c1-10-9-15-11(2)8-13(10)12-6-4-5-7-14(12)16-3/h4-9H,1-3H3. The van der Waals surface area contributed by atoms with Gasteiger partial charge in [-0.3, -0.25) is 4.98 Å². The molecule has 0 amide bonds. The van der Waals surface area contributed by atoms with Crippen LogP contribution < -0.4 is 4.74 Å². The minimum Gasteiger partial charge on any atom is -0.496 e. The van der Waals surface area contributed by atoms with Crippen LogP contribution in [0.25, 0.3) is 11.1 Å². The summed E-state index contributed by atoms with van der Waals surface area (Å²) in [6, 6.07) is 10.1. The van der Waals surface area contributed by atoms with Crippen molar-refractivity contribution in [3.05, 3.63) is 47.8 Å². The Hall–Kier alpha value is -1.83. The quantitative estimate of drug-likeness (QED) is 0.763. The zero-order valence-electron chi connectivity index (χ0n) is 9.82. The van der Waals surface area contributed by atoms with Gasteiger partial charge >= 0.3 is 0 Å². The van der Waals surface area contributed by atoms with Crippen molar-refractivity contribution >= 4 is 0 Å². The van der Waals surface area contributed by atoms with Gasteiger partial charge in [0.05, 0.1) is 7.11 Å². The van der Waals surface area contributed by atoms with Gasteiger partial charge in [0.1, 0.15) is 5.75 Å². The highest BCUT2D eigenvalue weighted by Gasteiger charge is 2.07. The number of hydrogen-bond donors (Lipinski definition) is 0. The average Bonchev–Trinajstić information content (AvgIpc) is 2.32. The highest BCUT2D eigenvalue weighted by Crippen LogP contribution is 2.31. The van der Waals surface area contributed by atoms with E-state index in [1.54, 1.807) is 7.11 Å². The second kappa shape index (κ2) is 4.35. The van der Waals surface area contributed by atoms with Crippen LogP contribution in [0, 0.1) is 13.8 Å². The first kappa shape index (κ1) is 10.7. The summed E-state index contributed by atoms with van der Waals surface area (Å²) in [5.74, 6) is 0.899. The molecule has 0 unspecified atom stereocenters. The molecule has 82 valence electrons. The molecule has 16 heavy (non-hydrogen) atoms. The zero-order chi connectivity index (χ0) is 11.5. The molecule has 0 fully saturated rings. The van der Waals surface area contributed by atoms with Gasteiger partial charge in [0, 0.05) is 17.5 Å². The molecule has 0 atom stereocenters. The number of para-hydroxylation sites is 1. The zero-order valence-corrected chi connectivity index (χ0v) is 9.82. The Morgan fingerprint density at radius 3 is 2.56 bits per heavy atom. The number of nitrogens with zero attached hydrogens (tertiary/aromatic N) is 1. The van der Waals surface area contributed by atoms with E-state index in [4.69, 9.17) is 4.74 Å². The number of hydrogen-bond acceptors (Lipinski definition) is 2. The van der Waals surface area contributed by atoms with Crippen molar-refractivity contribution in [2.75, 3.05) is 7.11 Å². The van der Waals surface area contributed by atoms with Gasteiger partial charge in [0.15, 0.2) is 0 Å². The summed E-state index contributed by atoms with van der Waals surface area (Å²) < 4.78 is 5.37. The van der Waals surface area contributed by atoms with Crippen LogP contribution in [-0.4, -0.2) is 12.1 Å². The molecule has 0 N–H and O–H groups in total. The van der Waals surface area contributed by atoms with Crippen LogP contribution in [0.4, 0.5) is 0 Å². The highest BCUT2D eigenvalue weighted by molar-refractivity contribution is 5.73. The van der Waals surface area contributed by atoms with Gasteiger partial charge in [-0.15, -0.1) is 0 Å². The van der Waals surface area contributed by atoms with Crippen molar-refractivity contribution in [2.45, 2.75) is 13.8 Å². The fourth-order valence-electron chi connectivity index (χ4n) is 1.79. The first-order valence-corrected chi connectivity index (χ1v) is 5.29. The van der Waals surface area contributed by atoms with E-state index in [9.17, 15) is 0 Å². The maximum atomic E-state index is 5.37. The molecule has 0 saturated carbocycles. The van der Waals surface area contributed by atoms with Crippen LogP contribution >= 0.6 is 0 Å². The summed E-state index contributed by atoms with van der Waals surface area (Å²) in [7, 11) is 1.70.